The molecule has 11 heteroatoms. The fourth-order valence-corrected chi connectivity index (χ4v) is 4.15. The Balaban J connectivity index is 1.69. The van der Waals surface area contributed by atoms with Crippen LogP contribution in [0.5, 0.6) is 5.75 Å². The monoisotopic (exact) mass is 449 g/mol. The summed E-state index contributed by atoms with van der Waals surface area (Å²) in [5.74, 6) is 0.183. The molecule has 0 spiro atoms. The summed E-state index contributed by atoms with van der Waals surface area (Å²) in [4.78, 5) is 24.4. The number of nitrogens with one attached hydrogen (secondary N) is 1. The second kappa shape index (κ2) is 9.31. The van der Waals surface area contributed by atoms with Crippen LogP contribution in [0, 0.1) is 17.0 Å². The molecule has 1 amide bonds. The Labute approximate surface area is 180 Å². The van der Waals surface area contributed by atoms with Crippen LogP contribution < -0.4 is 9.46 Å². The van der Waals surface area contributed by atoms with Crippen molar-refractivity contribution < 1.29 is 27.6 Å². The zero-order valence-electron chi connectivity index (χ0n) is 17.1. The quantitative estimate of drug-likeness (QED) is 0.507. The Bertz CT molecular complexity index is 1060. The number of hydrogen-bond acceptors (Lipinski definition) is 7. The van der Waals surface area contributed by atoms with E-state index in [0.717, 1.165) is 0 Å². The van der Waals surface area contributed by atoms with Crippen LogP contribution in [0.15, 0.2) is 47.4 Å². The summed E-state index contributed by atoms with van der Waals surface area (Å²) in [5.41, 5.74) is 0.454. The Kier molecular flexibility index (Phi) is 6.76. The van der Waals surface area contributed by atoms with Crippen molar-refractivity contribution in [1.29, 1.82) is 0 Å². The number of nitro benzene ring substituents is 1. The molecule has 1 N–H and O–H groups in total. The lowest BCUT2D eigenvalue weighted by Crippen LogP contribution is -2.46. The van der Waals surface area contributed by atoms with Crippen LogP contribution in [-0.4, -0.2) is 56.6 Å². The molecule has 1 aliphatic rings. The highest BCUT2D eigenvalue weighted by atomic mass is 32.2. The Morgan fingerprint density at radius 2 is 1.84 bits per heavy atom. The molecule has 0 aromatic heterocycles. The van der Waals surface area contributed by atoms with Crippen LogP contribution in [0.1, 0.15) is 12.5 Å². The fraction of sp³-hybridized carbons (Fsp3) is 0.350. The van der Waals surface area contributed by atoms with E-state index in [1.807, 2.05) is 0 Å². The first-order valence-corrected chi connectivity index (χ1v) is 11.1. The second-order valence-electron chi connectivity index (χ2n) is 7.03. The molecule has 1 atom stereocenters. The van der Waals surface area contributed by atoms with E-state index in [-0.39, 0.29) is 22.2 Å². The van der Waals surface area contributed by atoms with Gasteiger partial charge in [0.2, 0.25) is 0 Å². The number of benzene rings is 2. The minimum Gasteiger partial charge on any atom is -0.481 e. The van der Waals surface area contributed by atoms with Crippen molar-refractivity contribution in [2.24, 2.45) is 0 Å². The first-order valence-electron chi connectivity index (χ1n) is 9.58. The second-order valence-corrected chi connectivity index (χ2v) is 8.71. The third kappa shape index (κ3) is 5.50. The van der Waals surface area contributed by atoms with E-state index in [1.165, 1.54) is 42.5 Å². The SMILES string of the molecule is Cc1ccc([N+](=O)[O-])cc1NS(=O)(=O)c1ccc(O[C@H](C)C(=O)N2CCOCC2)cc1. The minimum absolute atomic E-state index is 0.0436. The maximum atomic E-state index is 12.7. The molecule has 1 aliphatic heterocycles. The van der Waals surface area contributed by atoms with E-state index in [9.17, 15) is 23.3 Å². The van der Waals surface area contributed by atoms with Crippen molar-refractivity contribution in [3.63, 3.8) is 0 Å². The molecule has 1 fully saturated rings. The summed E-state index contributed by atoms with van der Waals surface area (Å²) in [7, 11) is -3.97. The molecule has 0 aliphatic carbocycles. The van der Waals surface area contributed by atoms with Crippen LogP contribution >= 0.6 is 0 Å². The molecule has 166 valence electrons. The van der Waals surface area contributed by atoms with Gasteiger partial charge < -0.3 is 14.4 Å². The predicted molar refractivity (Wildman–Crippen MR) is 113 cm³/mol. The number of amides is 1. The van der Waals surface area contributed by atoms with Crippen molar-refractivity contribution in [2.75, 3.05) is 31.0 Å². The van der Waals surface area contributed by atoms with Crippen molar-refractivity contribution in [1.82, 2.24) is 4.90 Å². The van der Waals surface area contributed by atoms with E-state index < -0.39 is 21.1 Å². The molecule has 10 nitrogen and oxygen atoms in total. The molecule has 0 radical (unpaired) electrons. The van der Waals surface area contributed by atoms with Gasteiger partial charge in [-0.05, 0) is 43.7 Å². The lowest BCUT2D eigenvalue weighted by molar-refractivity contribution is -0.384. The van der Waals surface area contributed by atoms with Crippen molar-refractivity contribution in [3.8, 4) is 5.75 Å². The Morgan fingerprint density at radius 3 is 2.45 bits per heavy atom. The smallest absolute Gasteiger partial charge is 0.271 e. The summed E-state index contributed by atoms with van der Waals surface area (Å²) in [6, 6.07) is 9.55. The number of nitrogens with zero attached hydrogens (tertiary/aromatic N) is 2. The van der Waals surface area contributed by atoms with Crippen LogP contribution in [-0.2, 0) is 19.6 Å². The summed E-state index contributed by atoms with van der Waals surface area (Å²) in [5, 5.41) is 11.0. The minimum atomic E-state index is -3.97. The van der Waals surface area contributed by atoms with Crippen molar-refractivity contribution in [3.05, 3.63) is 58.1 Å². The van der Waals surface area contributed by atoms with Gasteiger partial charge in [-0.25, -0.2) is 8.42 Å². The molecule has 0 saturated carbocycles. The van der Waals surface area contributed by atoms with Crippen LogP contribution in [0.3, 0.4) is 0 Å². The molecule has 1 heterocycles. The zero-order valence-corrected chi connectivity index (χ0v) is 17.9. The number of ether oxygens (including phenoxy) is 2. The number of nitro groups is 1. The lowest BCUT2D eigenvalue weighted by Gasteiger charge is -2.29. The van der Waals surface area contributed by atoms with Gasteiger partial charge in [0, 0.05) is 25.2 Å². The number of aryl methyl sites for hydroxylation is 1. The van der Waals surface area contributed by atoms with E-state index in [1.54, 1.807) is 18.7 Å². The largest absolute Gasteiger partial charge is 0.481 e. The highest BCUT2D eigenvalue weighted by molar-refractivity contribution is 7.92. The number of non-ortho nitro benzene ring substituents is 1. The summed E-state index contributed by atoms with van der Waals surface area (Å²) < 4.78 is 38.6. The van der Waals surface area contributed by atoms with Gasteiger partial charge in [-0.3, -0.25) is 19.6 Å². The molecular weight excluding hydrogens is 426 g/mol. The molecule has 0 bridgehead atoms. The number of carbonyl (C=O) groups is 1. The standard InChI is InChI=1S/C20H23N3O7S/c1-14-3-4-16(23(25)26)13-19(14)21-31(27,28)18-7-5-17(6-8-18)30-15(2)20(24)22-9-11-29-12-10-22/h3-8,13,15,21H,9-12H2,1-2H3/t15-/m1/s1. The highest BCUT2D eigenvalue weighted by Crippen LogP contribution is 2.25. The van der Waals surface area contributed by atoms with Gasteiger partial charge in [-0.1, -0.05) is 6.07 Å². The van der Waals surface area contributed by atoms with E-state index in [4.69, 9.17) is 9.47 Å². The average Bonchev–Trinajstić information content (AvgIpc) is 2.75. The zero-order chi connectivity index (χ0) is 22.6. The first-order chi connectivity index (χ1) is 14.7. The van der Waals surface area contributed by atoms with Crippen LogP contribution in [0.4, 0.5) is 11.4 Å². The number of sulfonamides is 1. The topological polar surface area (TPSA) is 128 Å². The number of carbonyl (C=O) groups excluding carboxylic acids is 1. The molecule has 0 unspecified atom stereocenters. The predicted octanol–water partition coefficient (Wildman–Crippen LogP) is 2.33. The maximum absolute atomic E-state index is 12.7. The van der Waals surface area contributed by atoms with Crippen LogP contribution in [0.25, 0.3) is 0 Å². The molecule has 31 heavy (non-hydrogen) atoms. The van der Waals surface area contributed by atoms with Gasteiger partial charge in [0.15, 0.2) is 6.10 Å². The molecule has 1 saturated heterocycles. The van der Waals surface area contributed by atoms with E-state index in [0.29, 0.717) is 37.6 Å². The molecular formula is C20H23N3O7S. The van der Waals surface area contributed by atoms with Crippen molar-refractivity contribution in [2.45, 2.75) is 24.8 Å². The third-order valence-electron chi connectivity index (χ3n) is 4.79. The number of rotatable bonds is 7. The Hall–Kier alpha value is -3.18. The van der Waals surface area contributed by atoms with Gasteiger partial charge in [0.1, 0.15) is 5.75 Å². The average molecular weight is 449 g/mol. The van der Waals surface area contributed by atoms with Crippen molar-refractivity contribution >= 4 is 27.3 Å². The van der Waals surface area contributed by atoms with Crippen LogP contribution in [0.2, 0.25) is 0 Å². The number of anilines is 1. The third-order valence-corrected chi connectivity index (χ3v) is 6.18. The van der Waals surface area contributed by atoms with E-state index in [2.05, 4.69) is 4.72 Å². The fourth-order valence-electron chi connectivity index (χ4n) is 3.03. The van der Waals surface area contributed by atoms with Gasteiger partial charge in [0.25, 0.3) is 21.6 Å². The number of morpholine rings is 1. The molecule has 2 aromatic carbocycles. The van der Waals surface area contributed by atoms with E-state index >= 15 is 0 Å². The van der Waals surface area contributed by atoms with Gasteiger partial charge in [-0.2, -0.15) is 0 Å². The summed E-state index contributed by atoms with van der Waals surface area (Å²) in [6.07, 6.45) is -0.730. The molecule has 2 aromatic rings. The maximum Gasteiger partial charge on any atom is 0.271 e. The normalized spacial score (nSPS) is 15.2. The summed E-state index contributed by atoms with van der Waals surface area (Å²) >= 11 is 0. The first kappa shape index (κ1) is 22.5. The van der Waals surface area contributed by atoms with Gasteiger partial charge in [-0.15, -0.1) is 0 Å². The van der Waals surface area contributed by atoms with Gasteiger partial charge in [0.05, 0.1) is 28.7 Å². The van der Waals surface area contributed by atoms with Gasteiger partial charge >= 0.3 is 0 Å². The molecule has 3 rings (SSSR count). The number of hydrogen-bond donors (Lipinski definition) is 1. The summed E-state index contributed by atoms with van der Waals surface area (Å²) in [6.45, 7) is 5.27. The highest BCUT2D eigenvalue weighted by Gasteiger charge is 2.24. The lowest BCUT2D eigenvalue weighted by atomic mass is 10.2. The Morgan fingerprint density at radius 1 is 1.19 bits per heavy atom.